The molecule has 6 N–H and O–H groups in total. The highest BCUT2D eigenvalue weighted by molar-refractivity contribution is 5.96. The number of amides is 6. The molecule has 0 fully saturated rings. The minimum absolute atomic E-state index is 0.0601. The molecule has 19 heteroatoms. The lowest BCUT2D eigenvalue weighted by atomic mass is 10.0. The largest absolute Gasteiger partial charge is 0.467 e. The Balaban J connectivity index is 2.54. The maximum absolute atomic E-state index is 14.7. The first-order chi connectivity index (χ1) is 32.9. The van der Waals surface area contributed by atoms with E-state index in [1.165, 1.54) is 7.11 Å². The summed E-state index contributed by atoms with van der Waals surface area (Å²) in [5, 5.41) is 16.3. The van der Waals surface area contributed by atoms with Crippen molar-refractivity contribution in [1.29, 1.82) is 0 Å². The van der Waals surface area contributed by atoms with Crippen molar-refractivity contribution in [3.05, 3.63) is 71.8 Å². The fourth-order valence-corrected chi connectivity index (χ4v) is 6.93. The number of unbranched alkanes of at least 4 members (excludes halogenated alkanes) is 1. The van der Waals surface area contributed by atoms with E-state index in [0.717, 1.165) is 5.56 Å². The molecule has 2 aromatic carbocycles. The SMILES string of the molecule is COC(=O)[C@H](COC(C)(C)C)NC(=O)[C@@H](NC(=O)[C@H](Cc1ccccc1)NC(=O)[C@@H](NC(=O)[C@H](CCCCNC(=O)OC(C)(C)C)NC(=O)OCc1ccccc1)[C@@H](C)OC(C)(C)C)[C@@H](C)OC(C)(C)C. The molecule has 0 radical (unpaired) electrons. The van der Waals surface area contributed by atoms with Crippen LogP contribution in [0.3, 0.4) is 0 Å². The van der Waals surface area contributed by atoms with E-state index in [4.69, 9.17) is 28.4 Å². The molecule has 2 aromatic rings. The quantitative estimate of drug-likeness (QED) is 0.0406. The number of hydrogen-bond donors (Lipinski definition) is 6. The fourth-order valence-electron chi connectivity index (χ4n) is 6.93. The Morgan fingerprint density at radius 1 is 0.521 bits per heavy atom. The highest BCUT2D eigenvalue weighted by Gasteiger charge is 2.39. The summed E-state index contributed by atoms with van der Waals surface area (Å²) in [6.45, 7) is 24.3. The van der Waals surface area contributed by atoms with Crippen LogP contribution in [0, 0.1) is 0 Å². The zero-order valence-electron chi connectivity index (χ0n) is 44.6. The van der Waals surface area contributed by atoms with Gasteiger partial charge in [0.15, 0.2) is 6.04 Å². The summed E-state index contributed by atoms with van der Waals surface area (Å²) in [6, 6.07) is 11.1. The predicted molar refractivity (Wildman–Crippen MR) is 268 cm³/mol. The maximum Gasteiger partial charge on any atom is 0.408 e. The summed E-state index contributed by atoms with van der Waals surface area (Å²) in [5.41, 5.74) is -1.60. The molecule has 0 heterocycles. The maximum atomic E-state index is 14.7. The van der Waals surface area contributed by atoms with Crippen molar-refractivity contribution in [3.8, 4) is 0 Å². The third kappa shape index (κ3) is 25.8. The summed E-state index contributed by atoms with van der Waals surface area (Å²) in [6.07, 6.45) is -2.71. The number of carbonyl (C=O) groups is 7. The molecular formula is C52H82N6O13. The Bertz CT molecular complexity index is 2010. The third-order valence-corrected chi connectivity index (χ3v) is 9.99. The number of esters is 1. The average molecular weight is 999 g/mol. The Morgan fingerprint density at radius 3 is 1.46 bits per heavy atom. The van der Waals surface area contributed by atoms with Crippen LogP contribution in [0.1, 0.15) is 127 Å². The number of hydrogen-bond acceptors (Lipinski definition) is 13. The van der Waals surface area contributed by atoms with Crippen LogP contribution in [-0.2, 0) is 65.4 Å². The Morgan fingerprint density at radius 2 is 1.00 bits per heavy atom. The van der Waals surface area contributed by atoms with Gasteiger partial charge in [0.05, 0.1) is 42.7 Å². The monoisotopic (exact) mass is 999 g/mol. The van der Waals surface area contributed by atoms with Crippen LogP contribution < -0.4 is 31.9 Å². The first-order valence-electron chi connectivity index (χ1n) is 24.1. The number of carbonyl (C=O) groups excluding carboxylic acids is 7. The molecule has 0 aromatic heterocycles. The van der Waals surface area contributed by atoms with E-state index in [2.05, 4.69) is 31.9 Å². The van der Waals surface area contributed by atoms with E-state index < -0.39 is 107 Å². The summed E-state index contributed by atoms with van der Waals surface area (Å²) < 4.78 is 33.9. The molecule has 6 amide bonds. The van der Waals surface area contributed by atoms with Crippen LogP contribution in [-0.4, -0.2) is 127 Å². The second-order valence-electron chi connectivity index (χ2n) is 21.3. The Kier molecular flexibility index (Phi) is 24.4. The lowest BCUT2D eigenvalue weighted by Crippen LogP contribution is -2.63. The minimum Gasteiger partial charge on any atom is -0.467 e. The van der Waals surface area contributed by atoms with Gasteiger partial charge < -0.3 is 60.3 Å². The number of rotatable bonds is 25. The summed E-state index contributed by atoms with van der Waals surface area (Å²) >= 11 is 0. The molecular weight excluding hydrogens is 917 g/mol. The fraction of sp³-hybridized carbons (Fsp3) is 0.635. The summed E-state index contributed by atoms with van der Waals surface area (Å²) in [7, 11) is 1.18. The number of ether oxygens (including phenoxy) is 6. The van der Waals surface area contributed by atoms with Gasteiger partial charge in [0.1, 0.15) is 36.4 Å². The van der Waals surface area contributed by atoms with Gasteiger partial charge in [-0.2, -0.15) is 0 Å². The standard InChI is InChI=1S/C52H82N6O13/c1-33(69-50(6,7)8)40(57-42(59)37(28-22-23-29-53-47(64)71-52(12,13)14)56-48(65)67-31-36-26-20-17-21-27-36)44(61)54-38(30-35-24-18-16-19-25-35)43(60)58-41(34(2)70-51(9,10)11)45(62)55-39(46(63)66-15)32-68-49(3,4)5/h16-21,24-27,33-34,37-41H,22-23,28-32H2,1-15H3,(H,53,64)(H,54,61)(H,55,62)(H,56,65)(H,57,59)(H,58,60)/t33-,34-,37+,38+,39+,40+,41+/m1/s1. The first kappa shape index (κ1) is 61.3. The van der Waals surface area contributed by atoms with Crippen molar-refractivity contribution in [1.82, 2.24) is 31.9 Å². The van der Waals surface area contributed by atoms with Crippen LogP contribution in [0.15, 0.2) is 60.7 Å². The van der Waals surface area contributed by atoms with Gasteiger partial charge in [-0.25, -0.2) is 14.4 Å². The van der Waals surface area contributed by atoms with Gasteiger partial charge in [0.25, 0.3) is 0 Å². The topological polar surface area (TPSA) is 247 Å². The van der Waals surface area contributed by atoms with Crippen molar-refractivity contribution in [2.24, 2.45) is 0 Å². The highest BCUT2D eigenvalue weighted by Crippen LogP contribution is 2.18. The van der Waals surface area contributed by atoms with Gasteiger partial charge in [-0.05, 0) is 127 Å². The van der Waals surface area contributed by atoms with Crippen LogP contribution in [0.5, 0.6) is 0 Å². The van der Waals surface area contributed by atoms with Crippen LogP contribution in [0.2, 0.25) is 0 Å². The normalized spacial score (nSPS) is 15.0. The van der Waals surface area contributed by atoms with Gasteiger partial charge in [-0.1, -0.05) is 60.7 Å². The van der Waals surface area contributed by atoms with E-state index in [-0.39, 0.29) is 32.6 Å². The third-order valence-electron chi connectivity index (χ3n) is 9.99. The Hall–Kier alpha value is -5.79. The molecule has 0 saturated carbocycles. The molecule has 71 heavy (non-hydrogen) atoms. The molecule has 2 rings (SSSR count). The Labute approximate surface area is 420 Å². The second-order valence-corrected chi connectivity index (χ2v) is 21.3. The molecule has 0 aliphatic carbocycles. The van der Waals surface area contributed by atoms with E-state index in [9.17, 15) is 33.6 Å². The first-order valence-corrected chi connectivity index (χ1v) is 24.1. The minimum atomic E-state index is -1.45. The molecule has 0 aliphatic rings. The molecule has 0 unspecified atom stereocenters. The lowest BCUT2D eigenvalue weighted by molar-refractivity contribution is -0.150. The number of alkyl carbamates (subject to hydrolysis) is 2. The van der Waals surface area contributed by atoms with Gasteiger partial charge in [0, 0.05) is 13.0 Å². The highest BCUT2D eigenvalue weighted by atomic mass is 16.6. The molecule has 398 valence electrons. The average Bonchev–Trinajstić information content (AvgIpc) is 3.25. The van der Waals surface area contributed by atoms with Crippen molar-refractivity contribution in [3.63, 3.8) is 0 Å². The van der Waals surface area contributed by atoms with Gasteiger partial charge in [0.2, 0.25) is 23.6 Å². The lowest BCUT2D eigenvalue weighted by Gasteiger charge is -2.34. The predicted octanol–water partition coefficient (Wildman–Crippen LogP) is 5.55. The van der Waals surface area contributed by atoms with E-state index in [1.54, 1.807) is 152 Å². The number of benzene rings is 2. The zero-order chi connectivity index (χ0) is 53.7. The second kappa shape index (κ2) is 28.3. The van der Waals surface area contributed by atoms with Gasteiger partial charge >= 0.3 is 18.2 Å². The number of nitrogens with one attached hydrogen (secondary N) is 6. The molecule has 0 spiro atoms. The molecule has 0 bridgehead atoms. The van der Waals surface area contributed by atoms with Crippen molar-refractivity contribution in [2.75, 3.05) is 20.3 Å². The molecule has 7 atom stereocenters. The smallest absolute Gasteiger partial charge is 0.408 e. The van der Waals surface area contributed by atoms with E-state index in [0.29, 0.717) is 18.4 Å². The molecule has 0 saturated heterocycles. The van der Waals surface area contributed by atoms with Crippen molar-refractivity contribution >= 4 is 41.8 Å². The van der Waals surface area contributed by atoms with Crippen LogP contribution >= 0.6 is 0 Å². The summed E-state index contributed by atoms with van der Waals surface area (Å²) in [5.74, 6) is -3.92. The van der Waals surface area contributed by atoms with Crippen LogP contribution in [0.4, 0.5) is 9.59 Å². The number of methoxy groups -OCH3 is 1. The van der Waals surface area contributed by atoms with Crippen molar-refractivity contribution < 1.29 is 62.0 Å². The van der Waals surface area contributed by atoms with Gasteiger partial charge in [-0.15, -0.1) is 0 Å². The van der Waals surface area contributed by atoms with Crippen LogP contribution in [0.25, 0.3) is 0 Å². The molecule has 19 nitrogen and oxygen atoms in total. The summed E-state index contributed by atoms with van der Waals surface area (Å²) in [4.78, 5) is 96.2. The zero-order valence-corrected chi connectivity index (χ0v) is 44.6. The van der Waals surface area contributed by atoms with Gasteiger partial charge in [-0.3, -0.25) is 19.2 Å². The van der Waals surface area contributed by atoms with E-state index in [1.807, 2.05) is 6.07 Å². The molecule has 0 aliphatic heterocycles. The van der Waals surface area contributed by atoms with E-state index >= 15 is 0 Å². The van der Waals surface area contributed by atoms with Crippen molar-refractivity contribution in [2.45, 2.75) is 194 Å².